The van der Waals surface area contributed by atoms with Crippen LogP contribution in [0.1, 0.15) is 11.9 Å². The van der Waals surface area contributed by atoms with Crippen molar-refractivity contribution < 1.29 is 19.0 Å². The van der Waals surface area contributed by atoms with Crippen LogP contribution in [0.2, 0.25) is 0 Å². The molecule has 0 bridgehead atoms. The number of ether oxygens (including phenoxy) is 3. The summed E-state index contributed by atoms with van der Waals surface area (Å²) < 4.78 is 16.3. The number of hydrogen-bond acceptors (Lipinski definition) is 5. The van der Waals surface area contributed by atoms with Gasteiger partial charge in [-0.25, -0.2) is 0 Å². The molecule has 1 aromatic carbocycles. The van der Waals surface area contributed by atoms with E-state index >= 15 is 0 Å². The molecule has 0 spiro atoms. The van der Waals surface area contributed by atoms with Gasteiger partial charge in [0.2, 0.25) is 0 Å². The van der Waals surface area contributed by atoms with E-state index in [2.05, 4.69) is 10.0 Å². The van der Waals surface area contributed by atoms with Crippen molar-refractivity contribution in [1.82, 2.24) is 0 Å². The molecule has 0 aromatic heterocycles. The Kier molecular flexibility index (Phi) is 3.08. The molecule has 0 radical (unpaired) electrons. The summed E-state index contributed by atoms with van der Waals surface area (Å²) in [6, 6.07) is 8.42. The Bertz CT molecular complexity index is 529. The average molecular weight is 261 g/mol. The van der Waals surface area contributed by atoms with E-state index in [1.165, 1.54) is 0 Å². The minimum atomic E-state index is -0.940. The van der Waals surface area contributed by atoms with Gasteiger partial charge < -0.3 is 14.2 Å². The molecule has 2 unspecified atom stereocenters. The molecule has 4 atom stereocenters. The van der Waals surface area contributed by atoms with Crippen LogP contribution in [-0.4, -0.2) is 30.8 Å². The summed E-state index contributed by atoms with van der Waals surface area (Å²) in [6.07, 6.45) is -1.68. The largest absolute Gasteiger partial charge is 0.457 e. The minimum Gasteiger partial charge on any atom is -0.457 e. The second-order valence-corrected chi connectivity index (χ2v) is 4.30. The maximum Gasteiger partial charge on any atom is 0.318 e. The fourth-order valence-corrected chi connectivity index (χ4v) is 2.23. The van der Waals surface area contributed by atoms with Crippen LogP contribution in [0, 0.1) is 0 Å². The number of esters is 1. The Hall–Kier alpha value is -2.08. The van der Waals surface area contributed by atoms with Crippen LogP contribution in [0.5, 0.6) is 0 Å². The third-order valence-electron chi connectivity index (χ3n) is 3.13. The third kappa shape index (κ3) is 2.15. The van der Waals surface area contributed by atoms with Crippen LogP contribution in [0.3, 0.4) is 0 Å². The molecule has 0 N–H and O–H groups in total. The van der Waals surface area contributed by atoms with Crippen molar-refractivity contribution in [2.45, 2.75) is 24.5 Å². The highest BCUT2D eigenvalue weighted by molar-refractivity contribution is 5.79. The number of rotatable bonds is 2. The van der Waals surface area contributed by atoms with E-state index in [1.54, 1.807) is 0 Å². The molecule has 0 aliphatic carbocycles. The summed E-state index contributed by atoms with van der Waals surface area (Å²) >= 11 is 0. The first-order valence-corrected chi connectivity index (χ1v) is 5.86. The van der Waals surface area contributed by atoms with Gasteiger partial charge in [0.15, 0.2) is 18.4 Å². The summed E-state index contributed by atoms with van der Waals surface area (Å²) in [5, 5.41) is 3.44. The molecule has 2 aliphatic heterocycles. The van der Waals surface area contributed by atoms with Crippen molar-refractivity contribution in [3.05, 3.63) is 46.3 Å². The van der Waals surface area contributed by atoms with Crippen molar-refractivity contribution >= 4 is 5.97 Å². The fourth-order valence-electron chi connectivity index (χ4n) is 2.23. The minimum absolute atomic E-state index is 0.230. The lowest BCUT2D eigenvalue weighted by Gasteiger charge is -2.32. The quantitative estimate of drug-likeness (QED) is 0.350. The maximum atomic E-state index is 11.6. The van der Waals surface area contributed by atoms with E-state index in [0.29, 0.717) is 0 Å². The first-order chi connectivity index (χ1) is 9.29. The molecule has 19 heavy (non-hydrogen) atoms. The first kappa shape index (κ1) is 12.0. The van der Waals surface area contributed by atoms with Gasteiger partial charge in [-0.1, -0.05) is 35.4 Å². The Morgan fingerprint density at radius 2 is 2.11 bits per heavy atom. The summed E-state index contributed by atoms with van der Waals surface area (Å²) in [7, 11) is 0. The Labute approximate surface area is 108 Å². The standard InChI is InChI=1S/C12H11N3O4/c13-15-14-9-10-8(18-11(9)16)6-17-12(19-10)7-4-2-1-3-5-7/h1-5,8-10,12H,6H2/t8-,9?,10+,12?/m1/s1. The van der Waals surface area contributed by atoms with Crippen molar-refractivity contribution in [3.63, 3.8) is 0 Å². The molecule has 98 valence electrons. The lowest BCUT2D eigenvalue weighted by molar-refractivity contribution is -0.244. The molecule has 2 fully saturated rings. The van der Waals surface area contributed by atoms with Gasteiger partial charge in [0.25, 0.3) is 0 Å². The van der Waals surface area contributed by atoms with Crippen molar-refractivity contribution in [3.8, 4) is 0 Å². The summed E-state index contributed by atoms with van der Waals surface area (Å²) in [6.45, 7) is 0.230. The van der Waals surface area contributed by atoms with Crippen molar-refractivity contribution in [2.24, 2.45) is 5.11 Å². The van der Waals surface area contributed by atoms with E-state index in [4.69, 9.17) is 19.7 Å². The Balaban J connectivity index is 1.81. The second-order valence-electron chi connectivity index (χ2n) is 4.30. The van der Waals surface area contributed by atoms with Crippen molar-refractivity contribution in [2.75, 3.05) is 6.61 Å². The molecular formula is C12H11N3O4. The van der Waals surface area contributed by atoms with Crippen LogP contribution in [0.4, 0.5) is 0 Å². The highest BCUT2D eigenvalue weighted by Gasteiger charge is 2.49. The topological polar surface area (TPSA) is 93.5 Å². The molecule has 7 heteroatoms. The highest BCUT2D eigenvalue weighted by Crippen LogP contribution is 2.33. The molecule has 2 aliphatic rings. The van der Waals surface area contributed by atoms with Gasteiger partial charge in [-0.05, 0) is 5.53 Å². The molecular weight excluding hydrogens is 250 g/mol. The molecule has 2 heterocycles. The second kappa shape index (κ2) is 4.89. The van der Waals surface area contributed by atoms with Crippen LogP contribution in [0.25, 0.3) is 10.4 Å². The predicted octanol–water partition coefficient (Wildman–Crippen LogP) is 1.70. The Morgan fingerprint density at radius 3 is 2.84 bits per heavy atom. The third-order valence-corrected chi connectivity index (χ3v) is 3.13. The summed E-state index contributed by atoms with van der Waals surface area (Å²) in [4.78, 5) is 14.2. The van der Waals surface area contributed by atoms with Gasteiger partial charge >= 0.3 is 5.97 Å². The van der Waals surface area contributed by atoms with Gasteiger partial charge in [-0.3, -0.25) is 4.79 Å². The molecule has 1 aromatic rings. The zero-order valence-corrected chi connectivity index (χ0v) is 9.88. The van der Waals surface area contributed by atoms with E-state index in [1.807, 2.05) is 30.3 Å². The predicted molar refractivity (Wildman–Crippen MR) is 62.8 cm³/mol. The number of carbonyl (C=O) groups excluding carboxylic acids is 1. The number of nitrogens with zero attached hydrogens (tertiary/aromatic N) is 3. The Morgan fingerprint density at radius 1 is 1.32 bits per heavy atom. The van der Waals surface area contributed by atoms with Gasteiger partial charge in [-0.2, -0.15) is 0 Å². The van der Waals surface area contributed by atoms with E-state index in [0.717, 1.165) is 5.56 Å². The normalized spacial score (nSPS) is 33.2. The van der Waals surface area contributed by atoms with Crippen LogP contribution < -0.4 is 0 Å². The fraction of sp³-hybridized carbons (Fsp3) is 0.417. The summed E-state index contributed by atoms with van der Waals surface area (Å²) in [5.74, 6) is -0.565. The molecule has 2 saturated heterocycles. The van der Waals surface area contributed by atoms with Gasteiger partial charge in [0.05, 0.1) is 6.61 Å². The van der Waals surface area contributed by atoms with Crippen molar-refractivity contribution in [1.29, 1.82) is 0 Å². The number of fused-ring (bicyclic) bond motifs is 1. The van der Waals surface area contributed by atoms with E-state index < -0.39 is 30.5 Å². The molecule has 0 amide bonds. The van der Waals surface area contributed by atoms with Crippen LogP contribution >= 0.6 is 0 Å². The number of benzene rings is 1. The monoisotopic (exact) mass is 261 g/mol. The number of carbonyl (C=O) groups is 1. The smallest absolute Gasteiger partial charge is 0.318 e. The average Bonchev–Trinajstić information content (AvgIpc) is 2.76. The maximum absolute atomic E-state index is 11.6. The molecule has 3 rings (SSSR count). The SMILES string of the molecule is [N-]=[N+]=NC1C(=O)O[C@@H]2COC(c3ccccc3)O[C@H]12. The zero-order chi connectivity index (χ0) is 13.2. The number of hydrogen-bond donors (Lipinski definition) is 0. The highest BCUT2D eigenvalue weighted by atomic mass is 16.7. The van der Waals surface area contributed by atoms with Gasteiger partial charge in [-0.15, -0.1) is 0 Å². The molecule has 0 saturated carbocycles. The lowest BCUT2D eigenvalue weighted by Crippen LogP contribution is -2.41. The van der Waals surface area contributed by atoms with Gasteiger partial charge in [0, 0.05) is 10.5 Å². The molecule has 7 nitrogen and oxygen atoms in total. The van der Waals surface area contributed by atoms with E-state index in [-0.39, 0.29) is 6.61 Å². The van der Waals surface area contributed by atoms with E-state index in [9.17, 15) is 4.79 Å². The first-order valence-electron chi connectivity index (χ1n) is 5.86. The van der Waals surface area contributed by atoms with Crippen LogP contribution in [0.15, 0.2) is 35.4 Å². The van der Waals surface area contributed by atoms with Crippen LogP contribution in [-0.2, 0) is 19.0 Å². The summed E-state index contributed by atoms with van der Waals surface area (Å²) in [5.41, 5.74) is 9.33. The lowest BCUT2D eigenvalue weighted by atomic mass is 10.1. The zero-order valence-electron chi connectivity index (χ0n) is 9.88. The van der Waals surface area contributed by atoms with Gasteiger partial charge in [0.1, 0.15) is 6.10 Å². The number of azide groups is 1.